The van der Waals surface area contributed by atoms with Gasteiger partial charge < -0.3 is 45.9 Å². The van der Waals surface area contributed by atoms with Gasteiger partial charge in [0.15, 0.2) is 5.82 Å². The van der Waals surface area contributed by atoms with Gasteiger partial charge in [-0.1, -0.05) is 68.8 Å². The summed E-state index contributed by atoms with van der Waals surface area (Å²) in [7, 11) is 1.28. The van der Waals surface area contributed by atoms with Crippen molar-refractivity contribution < 1.29 is 50.2 Å². The van der Waals surface area contributed by atoms with Gasteiger partial charge in [0.25, 0.3) is 0 Å². The number of nitrogen functional groups attached to an aromatic ring is 1. The average Bonchev–Trinajstić information content (AvgIpc) is 2.48. The highest BCUT2D eigenvalue weighted by molar-refractivity contribution is 7.23. The van der Waals surface area contributed by atoms with Crippen molar-refractivity contribution in [3.63, 3.8) is 0 Å². The second-order valence-electron chi connectivity index (χ2n) is 21.8. The SMILES string of the molecule is CC(C)C.CC(NC(=O)C1CCCN1C(=O)CNC(=O)CCOCCCN1CCCC1)c1ccc(-c2c(F)cccc2Cl)cc1.COc1nc(N2CC3CCC(C2)N3)c2cc(C(F)(F)F)c(-c3ccc(F)c4sc(N)c(C#N)c34)c(F)c2n1. The summed E-state index contributed by atoms with van der Waals surface area (Å²) in [6.07, 6.45) is 1.80. The molecule has 0 radical (unpaired) electrons. The van der Waals surface area contributed by atoms with Crippen LogP contribution in [0.1, 0.15) is 102 Å². The summed E-state index contributed by atoms with van der Waals surface area (Å²) in [6, 6.07) is 15.5. The molecule has 4 unspecified atom stereocenters. The van der Waals surface area contributed by atoms with E-state index in [9.17, 15) is 41.6 Å². The second-order valence-corrected chi connectivity index (χ2v) is 23.3. The van der Waals surface area contributed by atoms with E-state index in [0.29, 0.717) is 66.8 Å². The van der Waals surface area contributed by atoms with Crippen LogP contribution in [0.4, 0.5) is 37.2 Å². The molecule has 4 fully saturated rings. The Labute approximate surface area is 487 Å². The minimum Gasteiger partial charge on any atom is -0.467 e. The zero-order chi connectivity index (χ0) is 59.7. The molecule has 2 aromatic heterocycles. The van der Waals surface area contributed by atoms with Gasteiger partial charge in [0.1, 0.15) is 40.1 Å². The third-order valence-corrected chi connectivity index (χ3v) is 16.2. The van der Waals surface area contributed by atoms with Crippen LogP contribution in [0.15, 0.2) is 60.7 Å². The average molecular weight is 1190 g/mol. The number of methoxy groups -OCH3 is 1. The van der Waals surface area contributed by atoms with Crippen molar-refractivity contribution in [1.82, 2.24) is 35.7 Å². The van der Waals surface area contributed by atoms with E-state index in [-0.39, 0.29) is 97.8 Å². The maximum atomic E-state index is 16.4. The molecule has 0 saturated carbocycles. The standard InChI is InChI=1S/C31H40ClFN4O4.C25H19F5N6OS.C4H10/c1-22(23-10-12-24(13-11-23)30-25(32)7-4-8-26(30)33)35-31(40)27-9-5-18-37(27)29(39)21-34-28(38)14-20-41-19-6-17-36-15-2-3-16-36;1-37-24-34-20-13(23(35-24)36-8-10-2-3-11(9-36)33-10)6-15(25(28,29)30)18(19(20)27)12-4-5-16(26)21-17(12)14(7-31)22(32)38-21;1-4(2)3/h4,7-8,10-13,22,27H,2-3,5-6,9,14-21H2,1H3,(H,34,38)(H,35,40);4-6,10-11,33H,2-3,8-9,32H2,1H3;4H,1-3H3. The number of hydrogen-bond acceptors (Lipinski definition) is 13. The van der Waals surface area contributed by atoms with Crippen molar-refractivity contribution in [3.8, 4) is 34.3 Å². The van der Waals surface area contributed by atoms with Gasteiger partial charge in [-0.05, 0) is 112 Å². The topological polar surface area (TPSA) is 191 Å². The number of nitrogens with zero attached hydrogens (tertiary/aromatic N) is 6. The van der Waals surface area contributed by atoms with Gasteiger partial charge in [-0.15, -0.1) is 11.3 Å². The molecule has 6 heterocycles. The molecule has 10 rings (SSSR count). The molecule has 0 aliphatic carbocycles. The second kappa shape index (κ2) is 27.7. The van der Waals surface area contributed by atoms with E-state index < -0.39 is 40.8 Å². The molecule has 4 saturated heterocycles. The minimum absolute atomic E-state index is 0.0803. The Morgan fingerprint density at radius 3 is 2.27 bits per heavy atom. The van der Waals surface area contributed by atoms with Gasteiger partial charge in [-0.3, -0.25) is 14.4 Å². The molecule has 23 heteroatoms. The normalized spacial score (nSPS) is 18.1. The monoisotopic (exact) mass is 1190 g/mol. The molecule has 6 aromatic rings. The fourth-order valence-electron chi connectivity index (χ4n) is 11.0. The van der Waals surface area contributed by atoms with Gasteiger partial charge in [0.05, 0.1) is 47.2 Å². The summed E-state index contributed by atoms with van der Waals surface area (Å²) in [5.74, 6) is -2.24. The zero-order valence-corrected chi connectivity index (χ0v) is 48.6. The summed E-state index contributed by atoms with van der Waals surface area (Å²) < 4.78 is 99.5. The number of ether oxygens (including phenoxy) is 2. The Morgan fingerprint density at radius 2 is 1.61 bits per heavy atom. The first-order chi connectivity index (χ1) is 39.7. The number of carbonyl (C=O) groups is 3. The number of benzene rings is 4. The smallest absolute Gasteiger partial charge is 0.417 e. The summed E-state index contributed by atoms with van der Waals surface area (Å²) in [5.41, 5.74) is 4.65. The highest BCUT2D eigenvalue weighted by Crippen LogP contribution is 2.48. The Morgan fingerprint density at radius 1 is 0.916 bits per heavy atom. The van der Waals surface area contributed by atoms with Crippen molar-refractivity contribution in [3.05, 3.63) is 99.8 Å². The first-order valence-corrected chi connectivity index (χ1v) is 29.1. The Kier molecular flexibility index (Phi) is 20.8. The van der Waals surface area contributed by atoms with Crippen LogP contribution < -0.4 is 31.3 Å². The van der Waals surface area contributed by atoms with Crippen LogP contribution in [0.5, 0.6) is 6.01 Å². The third-order valence-electron chi connectivity index (χ3n) is 14.9. The number of amides is 3. The van der Waals surface area contributed by atoms with Gasteiger partial charge in [0, 0.05) is 73.2 Å². The number of aromatic nitrogens is 2. The summed E-state index contributed by atoms with van der Waals surface area (Å²) in [4.78, 5) is 52.3. The number of fused-ring (bicyclic) bond motifs is 4. The van der Waals surface area contributed by atoms with Gasteiger partial charge >= 0.3 is 12.2 Å². The van der Waals surface area contributed by atoms with E-state index in [1.165, 1.54) is 26.0 Å². The van der Waals surface area contributed by atoms with Crippen LogP contribution in [0, 0.1) is 34.7 Å². The Hall–Kier alpha value is -6.77. The molecule has 15 nitrogen and oxygen atoms in total. The summed E-state index contributed by atoms with van der Waals surface area (Å²) in [6.45, 7) is 13.9. The zero-order valence-electron chi connectivity index (χ0n) is 47.0. The molecule has 444 valence electrons. The largest absolute Gasteiger partial charge is 0.467 e. The number of rotatable bonds is 16. The van der Waals surface area contributed by atoms with Gasteiger partial charge in [0.2, 0.25) is 17.7 Å². The number of anilines is 2. The maximum absolute atomic E-state index is 16.4. The fourth-order valence-corrected chi connectivity index (χ4v) is 12.2. The molecular formula is C60H69ClF6N10O5S. The quantitative estimate of drug-likeness (QED) is 0.0531. The summed E-state index contributed by atoms with van der Waals surface area (Å²) >= 11 is 6.90. The van der Waals surface area contributed by atoms with Gasteiger partial charge in [-0.2, -0.15) is 28.4 Å². The number of thiophene rings is 1. The van der Waals surface area contributed by atoms with E-state index >= 15 is 4.39 Å². The van der Waals surface area contributed by atoms with Crippen molar-refractivity contribution in [2.24, 2.45) is 5.92 Å². The van der Waals surface area contributed by atoms with Crippen LogP contribution in [-0.4, -0.2) is 122 Å². The lowest BCUT2D eigenvalue weighted by Gasteiger charge is -2.34. The van der Waals surface area contributed by atoms with Crippen LogP contribution in [0.3, 0.4) is 0 Å². The van der Waals surface area contributed by atoms with Crippen molar-refractivity contribution in [2.75, 3.05) is 76.8 Å². The number of likely N-dealkylation sites (tertiary alicyclic amines) is 2. The highest BCUT2D eigenvalue weighted by atomic mass is 35.5. The van der Waals surface area contributed by atoms with E-state index in [1.807, 2.05) is 30.0 Å². The number of nitrogens with two attached hydrogens (primary N) is 1. The number of hydrogen-bond donors (Lipinski definition) is 4. The van der Waals surface area contributed by atoms with E-state index in [2.05, 4.69) is 51.6 Å². The molecular weight excluding hydrogens is 1120 g/mol. The molecule has 2 bridgehead atoms. The summed E-state index contributed by atoms with van der Waals surface area (Å²) in [5, 5.41) is 18.7. The van der Waals surface area contributed by atoms with Gasteiger partial charge in [-0.25, -0.2) is 13.2 Å². The molecule has 4 atom stereocenters. The Balaban J connectivity index is 0.000000204. The van der Waals surface area contributed by atoms with Crippen LogP contribution in [0.2, 0.25) is 5.02 Å². The van der Waals surface area contributed by atoms with Crippen molar-refractivity contribution in [1.29, 1.82) is 5.26 Å². The Bertz CT molecular complexity index is 3300. The third kappa shape index (κ3) is 15.0. The molecule has 4 aliphatic heterocycles. The molecule has 0 spiro atoms. The van der Waals surface area contributed by atoms with E-state index in [4.69, 9.17) is 26.8 Å². The molecule has 4 aliphatic rings. The predicted octanol–water partition coefficient (Wildman–Crippen LogP) is 11.2. The van der Waals surface area contributed by atoms with E-state index in [0.717, 1.165) is 75.0 Å². The number of piperazine rings is 1. The van der Waals surface area contributed by atoms with Crippen LogP contribution in [-0.2, 0) is 25.3 Å². The van der Waals surface area contributed by atoms with Crippen LogP contribution >= 0.6 is 22.9 Å². The molecule has 3 amide bonds. The molecule has 4 aromatic carbocycles. The number of nitriles is 1. The molecule has 5 N–H and O–H groups in total. The van der Waals surface area contributed by atoms with Crippen molar-refractivity contribution >= 4 is 72.5 Å². The lowest BCUT2D eigenvalue weighted by molar-refractivity contribution is -0.139. The minimum atomic E-state index is -5.00. The highest BCUT2D eigenvalue weighted by Gasteiger charge is 2.40. The maximum Gasteiger partial charge on any atom is 0.417 e. The van der Waals surface area contributed by atoms with E-state index in [1.54, 1.807) is 29.2 Å². The number of alkyl halides is 3. The lowest BCUT2D eigenvalue weighted by Crippen LogP contribution is -2.51. The first-order valence-electron chi connectivity index (χ1n) is 28.0. The number of carbonyl (C=O) groups excluding carboxylic acids is 3. The predicted molar refractivity (Wildman–Crippen MR) is 311 cm³/mol. The van der Waals surface area contributed by atoms with Crippen molar-refractivity contribution in [2.45, 2.75) is 109 Å². The number of halogens is 7. The molecule has 83 heavy (non-hydrogen) atoms. The lowest BCUT2D eigenvalue weighted by atomic mass is 9.92. The first kappa shape index (κ1) is 62.3. The van der Waals surface area contributed by atoms with Crippen LogP contribution in [0.25, 0.3) is 43.2 Å². The fraction of sp³-hybridized carbons (Fsp3) is 0.467. The number of nitrogens with one attached hydrogen (secondary N) is 3.